The molecule has 0 spiro atoms. The van der Waals surface area contributed by atoms with E-state index in [1.807, 2.05) is 0 Å². The van der Waals surface area contributed by atoms with E-state index in [9.17, 15) is 19.2 Å². The summed E-state index contributed by atoms with van der Waals surface area (Å²) in [5, 5.41) is 3.57. The molecule has 1 saturated heterocycles. The fraction of sp³-hybridized carbons (Fsp3) is 0.290. The number of amides is 3. The van der Waals surface area contributed by atoms with Gasteiger partial charge in [0.1, 0.15) is 18.2 Å². The fourth-order valence-electron chi connectivity index (χ4n) is 4.92. The number of imide groups is 1. The van der Waals surface area contributed by atoms with Crippen LogP contribution in [0.2, 0.25) is 10.0 Å². The first-order chi connectivity index (χ1) is 21.6. The highest BCUT2D eigenvalue weighted by Gasteiger charge is 2.37. The Balaban J connectivity index is 1.29. The van der Waals surface area contributed by atoms with Gasteiger partial charge in [-0.25, -0.2) is 4.79 Å². The number of hydrogen-bond acceptors (Lipinski definition) is 9. The summed E-state index contributed by atoms with van der Waals surface area (Å²) in [7, 11) is 1.50. The summed E-state index contributed by atoms with van der Waals surface area (Å²) < 4.78 is 17.5. The number of anilines is 1. The van der Waals surface area contributed by atoms with Crippen LogP contribution in [-0.2, 0) is 33.8 Å². The summed E-state index contributed by atoms with van der Waals surface area (Å²) in [5.74, 6) is -0.753. The third-order valence-electron chi connectivity index (χ3n) is 7.02. The molecule has 2 aromatic carbocycles. The molecule has 1 N–H and O–H groups in total. The van der Waals surface area contributed by atoms with Crippen LogP contribution < -0.4 is 14.8 Å². The summed E-state index contributed by atoms with van der Waals surface area (Å²) in [4.78, 5) is 53.9. The summed E-state index contributed by atoms with van der Waals surface area (Å²) in [6.07, 6.45) is 5.08. The number of carbonyl (C=O) groups excluding carboxylic acids is 4. The average molecular weight is 802 g/mol. The van der Waals surface area contributed by atoms with Crippen LogP contribution in [0, 0.1) is 3.57 Å². The van der Waals surface area contributed by atoms with Crippen molar-refractivity contribution in [3.05, 3.63) is 76.0 Å². The number of fused-ring (bicyclic) bond motifs is 1. The summed E-state index contributed by atoms with van der Waals surface area (Å²) >= 11 is 16.5. The number of methoxy groups -OCH3 is 1. The van der Waals surface area contributed by atoms with Crippen molar-refractivity contribution in [3.8, 4) is 11.5 Å². The van der Waals surface area contributed by atoms with E-state index >= 15 is 0 Å². The molecule has 1 aliphatic carbocycles. The number of nitrogens with one attached hydrogen (secondary N) is 1. The number of halogens is 3. The first kappa shape index (κ1) is 33.6. The molecule has 1 aliphatic heterocycles. The lowest BCUT2D eigenvalue weighted by molar-refractivity contribution is -0.127. The third-order valence-corrected chi connectivity index (χ3v) is 10.5. The monoisotopic (exact) mass is 800 g/mol. The van der Waals surface area contributed by atoms with Gasteiger partial charge in [-0.1, -0.05) is 29.3 Å². The molecule has 2 heterocycles. The lowest BCUT2D eigenvalue weighted by Gasteiger charge is -2.15. The number of carbonyl (C=O) groups is 4. The number of thioether (sulfide) groups is 1. The van der Waals surface area contributed by atoms with Gasteiger partial charge in [-0.05, 0) is 108 Å². The maximum atomic E-state index is 13.2. The van der Waals surface area contributed by atoms with Crippen molar-refractivity contribution in [2.24, 2.45) is 0 Å². The molecule has 3 aromatic rings. The number of thiophene rings is 1. The predicted octanol–water partition coefficient (Wildman–Crippen LogP) is 7.98. The largest absolute Gasteiger partial charge is 0.493 e. The molecule has 0 saturated carbocycles. The number of nitrogens with zero attached hydrogens (tertiary/aromatic N) is 1. The second-order valence-electron chi connectivity index (χ2n) is 10.0. The van der Waals surface area contributed by atoms with Gasteiger partial charge in [0.15, 0.2) is 11.5 Å². The summed E-state index contributed by atoms with van der Waals surface area (Å²) in [6, 6.07) is 8.63. The normalized spacial score (nSPS) is 15.3. The molecule has 0 bridgehead atoms. The Morgan fingerprint density at radius 2 is 1.91 bits per heavy atom. The molecule has 0 unspecified atom stereocenters. The van der Waals surface area contributed by atoms with Crippen molar-refractivity contribution in [3.63, 3.8) is 0 Å². The molecule has 0 atom stereocenters. The first-order valence-corrected chi connectivity index (χ1v) is 17.4. The minimum Gasteiger partial charge on any atom is -0.493 e. The second kappa shape index (κ2) is 14.8. The highest BCUT2D eigenvalue weighted by atomic mass is 127. The third kappa shape index (κ3) is 7.62. The maximum Gasteiger partial charge on any atom is 0.341 e. The SMILES string of the molecule is CCOC(=O)c1c(NC(=O)CN2C(=O)S/C(=C/c3cc(I)c(OCc4ccc(Cl)cc4Cl)c(OC)c3)C2=O)sc2c1CCCC2. The fourth-order valence-corrected chi connectivity index (χ4v) is 8.30. The van der Waals surface area contributed by atoms with E-state index in [2.05, 4.69) is 27.9 Å². The molecule has 0 radical (unpaired) electrons. The molecule has 14 heteroatoms. The van der Waals surface area contributed by atoms with E-state index in [0.29, 0.717) is 41.2 Å². The van der Waals surface area contributed by atoms with Gasteiger partial charge in [0.25, 0.3) is 11.1 Å². The van der Waals surface area contributed by atoms with Crippen LogP contribution in [-0.4, -0.2) is 48.2 Å². The Hall–Kier alpha value is -2.78. The lowest BCUT2D eigenvalue weighted by Crippen LogP contribution is -2.36. The highest BCUT2D eigenvalue weighted by molar-refractivity contribution is 14.1. The van der Waals surface area contributed by atoms with Crippen molar-refractivity contribution in [1.29, 1.82) is 0 Å². The Labute approximate surface area is 291 Å². The van der Waals surface area contributed by atoms with Crippen molar-refractivity contribution >= 4 is 103 Å². The van der Waals surface area contributed by atoms with E-state index in [0.717, 1.165) is 58.3 Å². The number of ether oxygens (including phenoxy) is 3. The van der Waals surface area contributed by atoms with Gasteiger partial charge in [-0.2, -0.15) is 0 Å². The predicted molar refractivity (Wildman–Crippen MR) is 185 cm³/mol. The summed E-state index contributed by atoms with van der Waals surface area (Å²) in [6.45, 7) is 1.62. The molecule has 3 amide bonds. The molecule has 2 aliphatic rings. The van der Waals surface area contributed by atoms with Gasteiger partial charge in [0.05, 0.1) is 27.8 Å². The number of rotatable bonds is 10. The first-order valence-electron chi connectivity index (χ1n) is 13.9. The minimum absolute atomic E-state index is 0.158. The Morgan fingerprint density at radius 1 is 1.13 bits per heavy atom. The van der Waals surface area contributed by atoms with Crippen LogP contribution in [0.15, 0.2) is 35.2 Å². The molecule has 1 fully saturated rings. The Morgan fingerprint density at radius 3 is 2.64 bits per heavy atom. The van der Waals surface area contributed by atoms with Gasteiger partial charge < -0.3 is 19.5 Å². The number of aryl methyl sites for hydroxylation is 1. The smallest absolute Gasteiger partial charge is 0.341 e. The summed E-state index contributed by atoms with van der Waals surface area (Å²) in [5.41, 5.74) is 2.62. The van der Waals surface area contributed by atoms with E-state index < -0.39 is 29.6 Å². The van der Waals surface area contributed by atoms with Crippen molar-refractivity contribution in [1.82, 2.24) is 4.90 Å². The quantitative estimate of drug-likeness (QED) is 0.125. The highest BCUT2D eigenvalue weighted by Crippen LogP contribution is 2.40. The van der Waals surface area contributed by atoms with E-state index in [4.69, 9.17) is 37.4 Å². The van der Waals surface area contributed by atoms with Crippen molar-refractivity contribution in [2.45, 2.75) is 39.2 Å². The lowest BCUT2D eigenvalue weighted by atomic mass is 9.95. The number of benzene rings is 2. The van der Waals surface area contributed by atoms with Crippen LogP contribution in [0.1, 0.15) is 51.7 Å². The maximum absolute atomic E-state index is 13.2. The van der Waals surface area contributed by atoms with Crippen molar-refractivity contribution < 1.29 is 33.4 Å². The zero-order chi connectivity index (χ0) is 32.2. The Kier molecular flexibility index (Phi) is 11.0. The van der Waals surface area contributed by atoms with Gasteiger partial charge in [-0.15, -0.1) is 11.3 Å². The number of hydrogen-bond donors (Lipinski definition) is 1. The van der Waals surface area contributed by atoms with E-state index in [-0.39, 0.29) is 18.1 Å². The van der Waals surface area contributed by atoms with Crippen molar-refractivity contribution in [2.75, 3.05) is 25.6 Å². The molecule has 45 heavy (non-hydrogen) atoms. The van der Waals surface area contributed by atoms with Crippen LogP contribution in [0.5, 0.6) is 11.5 Å². The molecular formula is C31H27Cl2IN2O7S2. The van der Waals surface area contributed by atoms with Crippen LogP contribution >= 0.6 is 68.9 Å². The minimum atomic E-state index is -0.595. The van der Waals surface area contributed by atoms with Crippen LogP contribution in [0.4, 0.5) is 9.80 Å². The topological polar surface area (TPSA) is 111 Å². The standard InChI is InChI=1S/C31H27Cl2IN2O7S2/c1-3-42-30(39)26-19-6-4-5-7-23(19)44-28(26)35-25(37)14-36-29(38)24(45-31(36)40)12-16-10-21(34)27(22(11-16)41-2)43-15-17-8-9-18(32)13-20(17)33/h8-13H,3-7,14-15H2,1-2H3,(H,35,37)/b24-12+. The molecular weight excluding hydrogens is 774 g/mol. The van der Waals surface area contributed by atoms with Crippen LogP contribution in [0.25, 0.3) is 6.08 Å². The van der Waals surface area contributed by atoms with E-state index in [1.54, 1.807) is 43.3 Å². The second-order valence-corrected chi connectivity index (χ2v) is 14.1. The zero-order valence-electron chi connectivity index (χ0n) is 24.2. The van der Waals surface area contributed by atoms with Gasteiger partial charge >= 0.3 is 5.97 Å². The Bertz CT molecular complexity index is 1730. The number of esters is 1. The zero-order valence-corrected chi connectivity index (χ0v) is 29.5. The van der Waals surface area contributed by atoms with Gasteiger partial charge in [0, 0.05) is 20.5 Å². The molecule has 1 aromatic heterocycles. The molecule has 9 nitrogen and oxygen atoms in total. The molecule has 236 valence electrons. The van der Waals surface area contributed by atoms with Gasteiger partial charge in [-0.3, -0.25) is 19.3 Å². The average Bonchev–Trinajstić information content (AvgIpc) is 3.48. The van der Waals surface area contributed by atoms with Crippen LogP contribution in [0.3, 0.4) is 0 Å². The van der Waals surface area contributed by atoms with E-state index in [1.165, 1.54) is 18.4 Å². The molecule has 5 rings (SSSR count). The van der Waals surface area contributed by atoms with Gasteiger partial charge in [0.2, 0.25) is 5.91 Å².